The Hall–Kier alpha value is -1.99. The van der Waals surface area contributed by atoms with E-state index >= 15 is 0 Å². The molecule has 0 amide bonds. The zero-order valence-electron chi connectivity index (χ0n) is 8.67. The highest BCUT2D eigenvalue weighted by Gasteiger charge is 2.16. The summed E-state index contributed by atoms with van der Waals surface area (Å²) < 4.78 is 17.9. The smallest absolute Gasteiger partial charge is 0.257 e. The number of aliphatic hydroxyl groups is 1. The van der Waals surface area contributed by atoms with Crippen LogP contribution in [-0.2, 0) is 0 Å². The molecule has 0 radical (unpaired) electrons. The monoisotopic (exact) mass is 239 g/mol. The van der Waals surface area contributed by atoms with E-state index in [1.165, 1.54) is 12.1 Å². The van der Waals surface area contributed by atoms with Crippen LogP contribution in [0.4, 0.5) is 4.39 Å². The molecule has 17 heavy (non-hydrogen) atoms. The topological polar surface area (TPSA) is 105 Å². The quantitative estimate of drug-likeness (QED) is 0.723. The molecule has 0 saturated heterocycles. The first-order valence-electron chi connectivity index (χ1n) is 4.82. The van der Waals surface area contributed by atoms with E-state index in [4.69, 9.17) is 15.4 Å². The van der Waals surface area contributed by atoms with Crippen LogP contribution < -0.4 is 5.73 Å². The fraction of sp³-hybridized carbons (Fsp3) is 0.200. The first kappa shape index (κ1) is 11.5. The molecule has 0 fully saturated rings. The number of aliphatic hydroxyl groups excluding tert-OH is 1. The minimum Gasteiger partial charge on any atom is -0.505 e. The number of aromatic nitrogens is 2. The summed E-state index contributed by atoms with van der Waals surface area (Å²) in [6, 6.07) is 3.68. The average Bonchev–Trinajstić information content (AvgIpc) is 2.81. The molecular formula is C10H10FN3O3. The van der Waals surface area contributed by atoms with E-state index in [0.29, 0.717) is 5.56 Å². The van der Waals surface area contributed by atoms with Crippen molar-refractivity contribution in [2.75, 3.05) is 6.54 Å². The zero-order chi connectivity index (χ0) is 12.4. The second-order valence-electron chi connectivity index (χ2n) is 3.37. The standard InChI is InChI=1S/C10H10FN3O3/c11-6-3-5(1-2-7(6)15)9-13-10(17-14-9)8(16)4-12/h1-3,8,15-16H,4,12H2. The first-order chi connectivity index (χ1) is 8.11. The molecular weight excluding hydrogens is 229 g/mol. The Morgan fingerprint density at radius 3 is 2.88 bits per heavy atom. The number of benzene rings is 1. The SMILES string of the molecule is NCC(O)c1nc(-c2ccc(O)c(F)c2)no1. The van der Waals surface area contributed by atoms with Crippen molar-refractivity contribution < 1.29 is 19.1 Å². The molecule has 2 rings (SSSR count). The minimum atomic E-state index is -1.04. The summed E-state index contributed by atoms with van der Waals surface area (Å²) in [7, 11) is 0. The molecule has 0 aliphatic carbocycles. The van der Waals surface area contributed by atoms with Crippen molar-refractivity contribution in [1.82, 2.24) is 10.1 Å². The van der Waals surface area contributed by atoms with Gasteiger partial charge in [0.15, 0.2) is 11.6 Å². The molecule has 1 heterocycles. The van der Waals surface area contributed by atoms with Gasteiger partial charge >= 0.3 is 0 Å². The number of nitrogens with zero attached hydrogens (tertiary/aromatic N) is 2. The van der Waals surface area contributed by atoms with Crippen LogP contribution in [0.15, 0.2) is 22.7 Å². The molecule has 0 aliphatic rings. The number of hydrogen-bond acceptors (Lipinski definition) is 6. The highest BCUT2D eigenvalue weighted by Crippen LogP contribution is 2.23. The Morgan fingerprint density at radius 2 is 2.24 bits per heavy atom. The van der Waals surface area contributed by atoms with Crippen LogP contribution in [0.5, 0.6) is 5.75 Å². The molecule has 7 heteroatoms. The first-order valence-corrected chi connectivity index (χ1v) is 4.82. The maximum Gasteiger partial charge on any atom is 0.257 e. The van der Waals surface area contributed by atoms with E-state index in [9.17, 15) is 9.50 Å². The predicted molar refractivity (Wildman–Crippen MR) is 55.4 cm³/mol. The molecule has 0 saturated carbocycles. The van der Waals surface area contributed by atoms with Gasteiger partial charge in [0.2, 0.25) is 5.82 Å². The molecule has 90 valence electrons. The van der Waals surface area contributed by atoms with E-state index < -0.39 is 17.7 Å². The van der Waals surface area contributed by atoms with Crippen LogP contribution >= 0.6 is 0 Å². The summed E-state index contributed by atoms with van der Waals surface area (Å²) in [5, 5.41) is 22.0. The molecule has 1 aromatic heterocycles. The van der Waals surface area contributed by atoms with Crippen molar-refractivity contribution >= 4 is 0 Å². The van der Waals surface area contributed by atoms with Gasteiger partial charge in [-0.25, -0.2) is 4.39 Å². The van der Waals surface area contributed by atoms with Crippen molar-refractivity contribution in [1.29, 1.82) is 0 Å². The Bertz CT molecular complexity index is 529. The third-order valence-electron chi connectivity index (χ3n) is 2.16. The van der Waals surface area contributed by atoms with Crippen molar-refractivity contribution in [3.8, 4) is 17.1 Å². The fourth-order valence-corrected chi connectivity index (χ4v) is 1.23. The number of phenols is 1. The average molecular weight is 239 g/mol. The lowest BCUT2D eigenvalue weighted by Gasteiger charge is -1.98. The van der Waals surface area contributed by atoms with Gasteiger partial charge in [-0.15, -0.1) is 0 Å². The molecule has 0 aliphatic heterocycles. The molecule has 0 bridgehead atoms. The molecule has 1 aromatic carbocycles. The van der Waals surface area contributed by atoms with Gasteiger partial charge in [0.05, 0.1) is 0 Å². The Kier molecular flexibility index (Phi) is 3.03. The van der Waals surface area contributed by atoms with Crippen molar-refractivity contribution in [3.05, 3.63) is 29.9 Å². The second kappa shape index (κ2) is 4.48. The van der Waals surface area contributed by atoms with Crippen molar-refractivity contribution in [2.45, 2.75) is 6.10 Å². The lowest BCUT2D eigenvalue weighted by Crippen LogP contribution is -2.11. The van der Waals surface area contributed by atoms with Crippen LogP contribution in [0.2, 0.25) is 0 Å². The second-order valence-corrected chi connectivity index (χ2v) is 3.37. The Balaban J connectivity index is 2.33. The van der Waals surface area contributed by atoms with Crippen LogP contribution in [0.25, 0.3) is 11.4 Å². The third kappa shape index (κ3) is 2.24. The summed E-state index contributed by atoms with van der Waals surface area (Å²) in [5.41, 5.74) is 5.56. The zero-order valence-corrected chi connectivity index (χ0v) is 8.67. The minimum absolute atomic E-state index is 0.0315. The Labute approximate surface area is 95.5 Å². The predicted octanol–water partition coefficient (Wildman–Crippen LogP) is 0.573. The van der Waals surface area contributed by atoms with Crippen LogP contribution in [0.1, 0.15) is 12.0 Å². The van der Waals surface area contributed by atoms with Gasteiger partial charge in [0.25, 0.3) is 5.89 Å². The molecule has 1 atom stereocenters. The van der Waals surface area contributed by atoms with E-state index in [1.54, 1.807) is 0 Å². The fourth-order valence-electron chi connectivity index (χ4n) is 1.23. The van der Waals surface area contributed by atoms with E-state index in [0.717, 1.165) is 6.07 Å². The Morgan fingerprint density at radius 1 is 1.47 bits per heavy atom. The summed E-state index contributed by atoms with van der Waals surface area (Å²) >= 11 is 0. The van der Waals surface area contributed by atoms with Crippen LogP contribution in [0, 0.1) is 5.82 Å². The van der Waals surface area contributed by atoms with Gasteiger partial charge in [-0.3, -0.25) is 0 Å². The number of phenolic OH excluding ortho intramolecular Hbond substituents is 1. The third-order valence-corrected chi connectivity index (χ3v) is 2.16. The molecule has 4 N–H and O–H groups in total. The summed E-state index contributed by atoms with van der Waals surface area (Å²) in [4.78, 5) is 3.87. The number of rotatable bonds is 3. The van der Waals surface area contributed by atoms with E-state index in [-0.39, 0.29) is 18.3 Å². The normalized spacial score (nSPS) is 12.6. The number of hydrogen-bond donors (Lipinski definition) is 3. The molecule has 0 spiro atoms. The maximum atomic E-state index is 13.1. The van der Waals surface area contributed by atoms with Crippen LogP contribution in [-0.4, -0.2) is 26.9 Å². The number of halogens is 1. The lowest BCUT2D eigenvalue weighted by atomic mass is 10.2. The van der Waals surface area contributed by atoms with Gasteiger partial charge in [-0.1, -0.05) is 5.16 Å². The number of aromatic hydroxyl groups is 1. The van der Waals surface area contributed by atoms with Gasteiger partial charge in [-0.2, -0.15) is 4.98 Å². The summed E-state index contributed by atoms with van der Waals surface area (Å²) in [5.74, 6) is -1.16. The highest BCUT2D eigenvalue weighted by molar-refractivity contribution is 5.55. The molecule has 6 nitrogen and oxygen atoms in total. The van der Waals surface area contributed by atoms with Crippen molar-refractivity contribution in [3.63, 3.8) is 0 Å². The van der Waals surface area contributed by atoms with E-state index in [1.807, 2.05) is 0 Å². The van der Waals surface area contributed by atoms with E-state index in [2.05, 4.69) is 10.1 Å². The maximum absolute atomic E-state index is 13.1. The lowest BCUT2D eigenvalue weighted by molar-refractivity contribution is 0.141. The summed E-state index contributed by atoms with van der Waals surface area (Å²) in [6.45, 7) is -0.0500. The van der Waals surface area contributed by atoms with Gasteiger partial charge in [0, 0.05) is 12.1 Å². The highest BCUT2D eigenvalue weighted by atomic mass is 19.1. The van der Waals surface area contributed by atoms with Gasteiger partial charge < -0.3 is 20.5 Å². The van der Waals surface area contributed by atoms with Crippen LogP contribution in [0.3, 0.4) is 0 Å². The number of nitrogens with two attached hydrogens (primary N) is 1. The van der Waals surface area contributed by atoms with Gasteiger partial charge in [-0.05, 0) is 18.2 Å². The molecule has 2 aromatic rings. The summed E-state index contributed by atoms with van der Waals surface area (Å²) in [6.07, 6.45) is -1.04. The molecule has 1 unspecified atom stereocenters. The van der Waals surface area contributed by atoms with Crippen molar-refractivity contribution in [2.24, 2.45) is 5.73 Å². The largest absolute Gasteiger partial charge is 0.505 e. The van der Waals surface area contributed by atoms with Gasteiger partial charge in [0.1, 0.15) is 6.10 Å².